The Morgan fingerprint density at radius 3 is 2.67 bits per heavy atom. The first-order valence-corrected chi connectivity index (χ1v) is 11.5. The van der Waals surface area contributed by atoms with Crippen LogP contribution < -0.4 is 16.0 Å². The van der Waals surface area contributed by atoms with Crippen LogP contribution in [0.3, 0.4) is 0 Å². The molecule has 0 spiro atoms. The summed E-state index contributed by atoms with van der Waals surface area (Å²) in [7, 11) is 0. The van der Waals surface area contributed by atoms with E-state index in [-0.39, 0.29) is 23.7 Å². The highest BCUT2D eigenvalue weighted by atomic mass is 35.5. The second-order valence-electron chi connectivity index (χ2n) is 9.46. The van der Waals surface area contributed by atoms with E-state index in [1.165, 1.54) is 30.4 Å². The van der Waals surface area contributed by atoms with Gasteiger partial charge in [0, 0.05) is 30.9 Å². The third kappa shape index (κ3) is 5.18. The Hall–Kier alpha value is -1.14. The van der Waals surface area contributed by atoms with Crippen LogP contribution >= 0.6 is 12.4 Å². The number of halogens is 1. The van der Waals surface area contributed by atoms with Crippen molar-refractivity contribution in [2.24, 2.45) is 11.3 Å². The second kappa shape index (κ2) is 10.4. The molecular weight excluding hydrogens is 398 g/mol. The number of anilines is 1. The minimum atomic E-state index is -0.275. The third-order valence-electron chi connectivity index (χ3n) is 7.55. The molecule has 5 nitrogen and oxygen atoms in total. The SMILES string of the molecule is Cc1ccc(NC(=O)C2(CNC3CCCC3C3COCCN3)CCCC2)cc1C.Cl. The van der Waals surface area contributed by atoms with E-state index in [2.05, 4.69) is 41.9 Å². The highest BCUT2D eigenvalue weighted by Crippen LogP contribution is 2.40. The molecule has 2 saturated carbocycles. The van der Waals surface area contributed by atoms with Crippen molar-refractivity contribution in [2.75, 3.05) is 31.6 Å². The van der Waals surface area contributed by atoms with Gasteiger partial charge in [-0.3, -0.25) is 4.79 Å². The van der Waals surface area contributed by atoms with Crippen molar-refractivity contribution < 1.29 is 9.53 Å². The molecule has 3 aliphatic rings. The molecule has 4 rings (SSSR count). The number of rotatable bonds is 6. The molecule has 3 unspecified atom stereocenters. The molecule has 1 aromatic carbocycles. The predicted octanol–water partition coefficient (Wildman–Crippen LogP) is 3.97. The average Bonchev–Trinajstić information content (AvgIpc) is 3.40. The van der Waals surface area contributed by atoms with Crippen LogP contribution in [0.4, 0.5) is 5.69 Å². The molecule has 6 heteroatoms. The van der Waals surface area contributed by atoms with Gasteiger partial charge in [-0.2, -0.15) is 0 Å². The standard InChI is InChI=1S/C24H37N3O2.ClH/c1-17-8-9-19(14-18(17)2)27-23(28)24(10-3-4-11-24)16-26-21-7-5-6-20(21)22-15-29-13-12-25-22;/h8-9,14,20-22,25-26H,3-7,10-13,15-16H2,1-2H3,(H,27,28);1H. The summed E-state index contributed by atoms with van der Waals surface area (Å²) in [6.45, 7) is 7.59. The summed E-state index contributed by atoms with van der Waals surface area (Å²) in [5.74, 6) is 0.802. The number of aryl methyl sites for hydroxylation is 2. The minimum absolute atomic E-state index is 0. The fourth-order valence-electron chi connectivity index (χ4n) is 5.53. The van der Waals surface area contributed by atoms with Crippen molar-refractivity contribution >= 4 is 24.0 Å². The summed E-state index contributed by atoms with van der Waals surface area (Å²) in [5, 5.41) is 10.7. The van der Waals surface area contributed by atoms with Crippen LogP contribution in [0.25, 0.3) is 0 Å². The van der Waals surface area contributed by atoms with Gasteiger partial charge in [0.25, 0.3) is 0 Å². The zero-order chi connectivity index (χ0) is 20.3. The van der Waals surface area contributed by atoms with E-state index in [1.807, 2.05) is 6.07 Å². The van der Waals surface area contributed by atoms with Crippen molar-refractivity contribution in [2.45, 2.75) is 70.9 Å². The molecule has 1 heterocycles. The number of carbonyl (C=O) groups excluding carboxylic acids is 1. The van der Waals surface area contributed by atoms with Gasteiger partial charge < -0.3 is 20.7 Å². The molecule has 1 amide bonds. The monoisotopic (exact) mass is 435 g/mol. The van der Waals surface area contributed by atoms with Gasteiger partial charge in [-0.25, -0.2) is 0 Å². The fraction of sp³-hybridized carbons (Fsp3) is 0.708. The summed E-state index contributed by atoms with van der Waals surface area (Å²) < 4.78 is 5.71. The molecule has 1 aromatic rings. The van der Waals surface area contributed by atoms with Crippen LogP contribution in [0, 0.1) is 25.2 Å². The Kier molecular flexibility index (Phi) is 8.19. The molecule has 0 bridgehead atoms. The number of benzene rings is 1. The van der Waals surface area contributed by atoms with Crippen molar-refractivity contribution in [3.63, 3.8) is 0 Å². The lowest BCUT2D eigenvalue weighted by molar-refractivity contribution is -0.125. The Balaban J connectivity index is 0.00000256. The maximum atomic E-state index is 13.3. The normalized spacial score (nSPS) is 28.1. The quantitative estimate of drug-likeness (QED) is 0.632. The topological polar surface area (TPSA) is 62.4 Å². The largest absolute Gasteiger partial charge is 0.379 e. The first-order valence-electron chi connectivity index (χ1n) is 11.5. The Morgan fingerprint density at radius 2 is 1.97 bits per heavy atom. The molecule has 0 aromatic heterocycles. The number of morpholine rings is 1. The van der Waals surface area contributed by atoms with Gasteiger partial charge in [-0.1, -0.05) is 25.3 Å². The van der Waals surface area contributed by atoms with Gasteiger partial charge >= 0.3 is 0 Å². The smallest absolute Gasteiger partial charge is 0.231 e. The van der Waals surface area contributed by atoms with E-state index in [4.69, 9.17) is 4.74 Å². The fourth-order valence-corrected chi connectivity index (χ4v) is 5.53. The molecule has 1 saturated heterocycles. The number of amides is 1. The molecule has 0 radical (unpaired) electrons. The number of nitrogens with one attached hydrogen (secondary N) is 3. The van der Waals surface area contributed by atoms with Crippen molar-refractivity contribution in [1.29, 1.82) is 0 Å². The van der Waals surface area contributed by atoms with E-state index in [9.17, 15) is 4.79 Å². The zero-order valence-corrected chi connectivity index (χ0v) is 19.3. The van der Waals surface area contributed by atoms with Crippen molar-refractivity contribution in [3.05, 3.63) is 29.3 Å². The van der Waals surface area contributed by atoms with E-state index in [1.54, 1.807) is 0 Å². The number of hydrogen-bond acceptors (Lipinski definition) is 4. The van der Waals surface area contributed by atoms with Gasteiger partial charge in [-0.05, 0) is 68.7 Å². The molecule has 3 fully saturated rings. The van der Waals surface area contributed by atoms with Gasteiger partial charge in [0.05, 0.1) is 18.6 Å². The molecule has 3 N–H and O–H groups in total. The van der Waals surface area contributed by atoms with Crippen LogP contribution in [0.5, 0.6) is 0 Å². The minimum Gasteiger partial charge on any atom is -0.379 e. The number of hydrogen-bond donors (Lipinski definition) is 3. The first kappa shape index (κ1) is 23.5. The Bertz CT molecular complexity index is 714. The predicted molar refractivity (Wildman–Crippen MR) is 124 cm³/mol. The first-order chi connectivity index (χ1) is 14.1. The molecular formula is C24H38ClN3O2. The Morgan fingerprint density at radius 1 is 1.17 bits per heavy atom. The van der Waals surface area contributed by atoms with Gasteiger partial charge in [0.15, 0.2) is 0 Å². The average molecular weight is 436 g/mol. The summed E-state index contributed by atoms with van der Waals surface area (Å²) in [6, 6.07) is 7.14. The van der Waals surface area contributed by atoms with Crippen molar-refractivity contribution in [3.8, 4) is 0 Å². The highest BCUT2D eigenvalue weighted by molar-refractivity contribution is 5.95. The third-order valence-corrected chi connectivity index (χ3v) is 7.55. The van der Waals surface area contributed by atoms with Crippen LogP contribution in [0.15, 0.2) is 18.2 Å². The van der Waals surface area contributed by atoms with Gasteiger partial charge in [-0.15, -0.1) is 12.4 Å². The van der Waals surface area contributed by atoms with E-state index < -0.39 is 0 Å². The highest BCUT2D eigenvalue weighted by Gasteiger charge is 2.43. The van der Waals surface area contributed by atoms with Gasteiger partial charge in [0.2, 0.25) is 5.91 Å². The van der Waals surface area contributed by atoms with E-state index in [0.717, 1.165) is 57.7 Å². The van der Waals surface area contributed by atoms with Gasteiger partial charge in [0.1, 0.15) is 0 Å². The lowest BCUT2D eigenvalue weighted by atomic mass is 9.83. The number of ether oxygens (including phenoxy) is 1. The van der Waals surface area contributed by atoms with Crippen LogP contribution in [0.2, 0.25) is 0 Å². The summed E-state index contributed by atoms with van der Waals surface area (Å²) >= 11 is 0. The van der Waals surface area contributed by atoms with Crippen LogP contribution in [-0.4, -0.2) is 44.3 Å². The maximum Gasteiger partial charge on any atom is 0.231 e. The maximum absolute atomic E-state index is 13.3. The van der Waals surface area contributed by atoms with Crippen LogP contribution in [0.1, 0.15) is 56.1 Å². The molecule has 30 heavy (non-hydrogen) atoms. The number of carbonyl (C=O) groups is 1. The molecule has 3 atom stereocenters. The zero-order valence-electron chi connectivity index (χ0n) is 18.5. The lowest BCUT2D eigenvalue weighted by Gasteiger charge is -2.35. The van der Waals surface area contributed by atoms with Crippen LogP contribution in [-0.2, 0) is 9.53 Å². The molecule has 2 aliphatic carbocycles. The van der Waals surface area contributed by atoms with E-state index in [0.29, 0.717) is 18.0 Å². The Labute approximate surface area is 187 Å². The summed E-state index contributed by atoms with van der Waals surface area (Å²) in [6.07, 6.45) is 7.99. The summed E-state index contributed by atoms with van der Waals surface area (Å²) in [4.78, 5) is 13.3. The molecule has 1 aliphatic heterocycles. The second-order valence-corrected chi connectivity index (χ2v) is 9.46. The lowest BCUT2D eigenvalue weighted by Crippen LogP contribution is -2.53. The molecule has 168 valence electrons. The van der Waals surface area contributed by atoms with E-state index >= 15 is 0 Å². The summed E-state index contributed by atoms with van der Waals surface area (Å²) in [5.41, 5.74) is 3.12. The van der Waals surface area contributed by atoms with Crippen molar-refractivity contribution in [1.82, 2.24) is 10.6 Å².